The zero-order valence-electron chi connectivity index (χ0n) is 10.3. The first-order valence-electron chi connectivity index (χ1n) is 5.87. The predicted octanol–water partition coefficient (Wildman–Crippen LogP) is 2.59. The number of benzene rings is 1. The molecular formula is C13H19FN2O. The molecule has 3 nitrogen and oxygen atoms in total. The summed E-state index contributed by atoms with van der Waals surface area (Å²) in [5.41, 5.74) is 6.82. The fourth-order valence-electron chi connectivity index (χ4n) is 1.51. The van der Waals surface area contributed by atoms with Crippen LogP contribution in [-0.4, -0.2) is 11.9 Å². The van der Waals surface area contributed by atoms with Crippen molar-refractivity contribution in [1.82, 2.24) is 0 Å². The first-order chi connectivity index (χ1) is 8.04. The minimum atomic E-state index is -0.500. The van der Waals surface area contributed by atoms with Crippen molar-refractivity contribution in [2.24, 2.45) is 5.73 Å². The summed E-state index contributed by atoms with van der Waals surface area (Å²) >= 11 is 0. The summed E-state index contributed by atoms with van der Waals surface area (Å²) < 4.78 is 13.0. The molecule has 0 aromatic heterocycles. The zero-order chi connectivity index (χ0) is 12.8. The van der Waals surface area contributed by atoms with Gasteiger partial charge in [0.2, 0.25) is 5.91 Å². The van der Waals surface area contributed by atoms with Gasteiger partial charge in [0.25, 0.3) is 0 Å². The van der Waals surface area contributed by atoms with E-state index in [1.807, 2.05) is 6.92 Å². The van der Waals surface area contributed by atoms with Crippen LogP contribution in [0.4, 0.5) is 10.1 Å². The van der Waals surface area contributed by atoms with E-state index in [1.54, 1.807) is 13.0 Å². The van der Waals surface area contributed by atoms with Gasteiger partial charge in [0.1, 0.15) is 5.82 Å². The number of amides is 1. The molecule has 0 saturated carbocycles. The Kier molecular flexibility index (Phi) is 5.10. The Hall–Kier alpha value is -1.42. The van der Waals surface area contributed by atoms with Crippen LogP contribution in [0.25, 0.3) is 0 Å². The Bertz CT molecular complexity index is 393. The van der Waals surface area contributed by atoms with Crippen LogP contribution in [0.3, 0.4) is 0 Å². The van der Waals surface area contributed by atoms with Crippen molar-refractivity contribution in [2.75, 3.05) is 5.32 Å². The van der Waals surface area contributed by atoms with Crippen molar-refractivity contribution in [1.29, 1.82) is 0 Å². The second-order valence-electron chi connectivity index (χ2n) is 4.20. The van der Waals surface area contributed by atoms with Crippen molar-refractivity contribution in [3.8, 4) is 0 Å². The zero-order valence-corrected chi connectivity index (χ0v) is 10.3. The van der Waals surface area contributed by atoms with Gasteiger partial charge >= 0.3 is 0 Å². The standard InChI is InChI=1S/C13H19FN2O/c1-3-4-5-12(15)13(17)16-10-6-7-11(14)9(2)8-10/h6-8,12H,3-5,15H2,1-2H3,(H,16,17)/t12-/m0/s1. The molecule has 1 rings (SSSR count). The Morgan fingerprint density at radius 2 is 2.24 bits per heavy atom. The molecule has 0 fully saturated rings. The van der Waals surface area contributed by atoms with E-state index in [-0.39, 0.29) is 11.7 Å². The molecule has 94 valence electrons. The van der Waals surface area contributed by atoms with Gasteiger partial charge in [0.05, 0.1) is 6.04 Å². The molecule has 0 unspecified atom stereocenters. The van der Waals surface area contributed by atoms with E-state index in [4.69, 9.17) is 5.73 Å². The lowest BCUT2D eigenvalue weighted by molar-refractivity contribution is -0.117. The van der Waals surface area contributed by atoms with E-state index < -0.39 is 6.04 Å². The molecule has 0 heterocycles. The molecule has 17 heavy (non-hydrogen) atoms. The summed E-state index contributed by atoms with van der Waals surface area (Å²) in [5, 5.41) is 2.69. The fraction of sp³-hybridized carbons (Fsp3) is 0.462. The third-order valence-electron chi connectivity index (χ3n) is 2.63. The Balaban J connectivity index is 2.58. The number of anilines is 1. The van der Waals surface area contributed by atoms with Crippen molar-refractivity contribution < 1.29 is 9.18 Å². The third-order valence-corrected chi connectivity index (χ3v) is 2.63. The smallest absolute Gasteiger partial charge is 0.241 e. The third kappa shape index (κ3) is 4.15. The molecule has 0 aliphatic rings. The van der Waals surface area contributed by atoms with E-state index in [0.29, 0.717) is 17.7 Å². The predicted molar refractivity (Wildman–Crippen MR) is 67.3 cm³/mol. The van der Waals surface area contributed by atoms with Gasteiger partial charge in [-0.25, -0.2) is 4.39 Å². The van der Waals surface area contributed by atoms with Crippen molar-refractivity contribution in [3.63, 3.8) is 0 Å². The van der Waals surface area contributed by atoms with Gasteiger partial charge in [-0.1, -0.05) is 19.8 Å². The van der Waals surface area contributed by atoms with Gasteiger partial charge in [-0.3, -0.25) is 4.79 Å². The lowest BCUT2D eigenvalue weighted by Crippen LogP contribution is -2.35. The van der Waals surface area contributed by atoms with Gasteiger partial charge in [0, 0.05) is 5.69 Å². The summed E-state index contributed by atoms with van der Waals surface area (Å²) in [6.45, 7) is 3.70. The van der Waals surface area contributed by atoms with Gasteiger partial charge in [-0.15, -0.1) is 0 Å². The van der Waals surface area contributed by atoms with E-state index in [2.05, 4.69) is 5.32 Å². The molecule has 0 saturated heterocycles. The Labute approximate surface area is 101 Å². The summed E-state index contributed by atoms with van der Waals surface area (Å²) in [6.07, 6.45) is 2.61. The summed E-state index contributed by atoms with van der Waals surface area (Å²) in [5.74, 6) is -0.497. The molecule has 0 aliphatic heterocycles. The molecule has 0 aliphatic carbocycles. The minimum absolute atomic E-state index is 0.218. The van der Waals surface area contributed by atoms with Crippen molar-refractivity contribution >= 4 is 11.6 Å². The average molecular weight is 238 g/mol. The maximum atomic E-state index is 13.0. The first kappa shape index (κ1) is 13.6. The van der Waals surface area contributed by atoms with Gasteiger partial charge in [0.15, 0.2) is 0 Å². The summed E-state index contributed by atoms with van der Waals surface area (Å²) in [6, 6.07) is 3.97. The summed E-state index contributed by atoms with van der Waals surface area (Å²) in [4.78, 5) is 11.7. The van der Waals surface area contributed by atoms with Crippen molar-refractivity contribution in [2.45, 2.75) is 39.2 Å². The first-order valence-corrected chi connectivity index (χ1v) is 5.87. The second-order valence-corrected chi connectivity index (χ2v) is 4.20. The number of nitrogens with one attached hydrogen (secondary N) is 1. The van der Waals surface area contributed by atoms with Crippen molar-refractivity contribution in [3.05, 3.63) is 29.6 Å². The topological polar surface area (TPSA) is 55.1 Å². The average Bonchev–Trinajstić information content (AvgIpc) is 2.30. The second kappa shape index (κ2) is 6.35. The molecule has 0 spiro atoms. The van der Waals surface area contributed by atoms with Crippen LogP contribution in [-0.2, 0) is 4.79 Å². The number of carbonyl (C=O) groups excluding carboxylic acids is 1. The largest absolute Gasteiger partial charge is 0.325 e. The highest BCUT2D eigenvalue weighted by atomic mass is 19.1. The number of halogens is 1. The Morgan fingerprint density at radius 3 is 2.82 bits per heavy atom. The van der Waals surface area contributed by atoms with Gasteiger partial charge in [-0.05, 0) is 37.1 Å². The molecule has 0 bridgehead atoms. The lowest BCUT2D eigenvalue weighted by atomic mass is 10.1. The van der Waals surface area contributed by atoms with Gasteiger partial charge in [-0.2, -0.15) is 0 Å². The Morgan fingerprint density at radius 1 is 1.53 bits per heavy atom. The maximum absolute atomic E-state index is 13.0. The summed E-state index contributed by atoms with van der Waals surface area (Å²) in [7, 11) is 0. The highest BCUT2D eigenvalue weighted by Crippen LogP contribution is 2.14. The molecule has 1 aromatic rings. The molecule has 4 heteroatoms. The van der Waals surface area contributed by atoms with E-state index in [1.165, 1.54) is 12.1 Å². The number of aryl methyl sites for hydroxylation is 1. The molecule has 0 radical (unpaired) electrons. The number of unbranched alkanes of at least 4 members (excludes halogenated alkanes) is 1. The molecule has 1 atom stereocenters. The van der Waals surface area contributed by atoms with Crippen LogP contribution in [0.5, 0.6) is 0 Å². The van der Waals surface area contributed by atoms with Crippen LogP contribution in [0.15, 0.2) is 18.2 Å². The van der Waals surface area contributed by atoms with Crippen LogP contribution in [0, 0.1) is 12.7 Å². The molecule has 3 N–H and O–H groups in total. The SMILES string of the molecule is CCCC[C@H](N)C(=O)Nc1ccc(F)c(C)c1. The fourth-order valence-corrected chi connectivity index (χ4v) is 1.51. The molecule has 1 amide bonds. The van der Waals surface area contributed by atoms with E-state index in [9.17, 15) is 9.18 Å². The monoisotopic (exact) mass is 238 g/mol. The number of hydrogen-bond donors (Lipinski definition) is 2. The normalized spacial score (nSPS) is 12.2. The van der Waals surface area contributed by atoms with Crippen LogP contribution < -0.4 is 11.1 Å². The molecule has 1 aromatic carbocycles. The number of nitrogens with two attached hydrogens (primary N) is 1. The van der Waals surface area contributed by atoms with Crippen LogP contribution in [0.1, 0.15) is 31.7 Å². The highest BCUT2D eigenvalue weighted by Gasteiger charge is 2.13. The van der Waals surface area contributed by atoms with E-state index in [0.717, 1.165) is 12.8 Å². The number of rotatable bonds is 5. The van der Waals surface area contributed by atoms with Gasteiger partial charge < -0.3 is 11.1 Å². The minimum Gasteiger partial charge on any atom is -0.325 e. The molecular weight excluding hydrogens is 219 g/mol. The number of hydrogen-bond acceptors (Lipinski definition) is 2. The lowest BCUT2D eigenvalue weighted by Gasteiger charge is -2.12. The quantitative estimate of drug-likeness (QED) is 0.828. The van der Waals surface area contributed by atoms with Crippen LogP contribution >= 0.6 is 0 Å². The number of carbonyl (C=O) groups is 1. The highest BCUT2D eigenvalue weighted by molar-refractivity contribution is 5.94. The van der Waals surface area contributed by atoms with Crippen LogP contribution in [0.2, 0.25) is 0 Å². The van der Waals surface area contributed by atoms with E-state index >= 15 is 0 Å². The maximum Gasteiger partial charge on any atom is 0.241 e.